The summed E-state index contributed by atoms with van der Waals surface area (Å²) in [5.41, 5.74) is 1.86. The molecule has 2 aliphatic rings. The van der Waals surface area contributed by atoms with Crippen LogP contribution in [0.2, 0.25) is 10.0 Å². The van der Waals surface area contributed by atoms with Gasteiger partial charge in [0.1, 0.15) is 5.82 Å². The van der Waals surface area contributed by atoms with E-state index in [1.807, 2.05) is 12.1 Å². The zero-order chi connectivity index (χ0) is 28.0. The number of amides is 2. The summed E-state index contributed by atoms with van der Waals surface area (Å²) in [6, 6.07) is 11.7. The lowest BCUT2D eigenvalue weighted by Crippen LogP contribution is -2.50. The number of anilines is 1. The number of nitrogens with zero attached hydrogens (tertiary/aromatic N) is 3. The summed E-state index contributed by atoms with van der Waals surface area (Å²) < 4.78 is 38.3. The highest BCUT2D eigenvalue weighted by Crippen LogP contribution is 2.28. The number of halogens is 4. The molecular weight excluding hydrogens is 598 g/mol. The molecule has 0 radical (unpaired) electrons. The first-order valence-corrected chi connectivity index (χ1v) is 16.1. The summed E-state index contributed by atoms with van der Waals surface area (Å²) in [6.07, 6.45) is 6.32. The fraction of sp³-hybridized carbons (Fsp3) is 0.536. The molecule has 2 amide bonds. The van der Waals surface area contributed by atoms with Gasteiger partial charge >= 0.3 is 6.03 Å². The first kappa shape index (κ1) is 32.9. The third-order valence-corrected chi connectivity index (χ3v) is 9.75. The van der Waals surface area contributed by atoms with E-state index in [4.69, 9.17) is 23.2 Å². The van der Waals surface area contributed by atoms with Gasteiger partial charge in [0, 0.05) is 31.4 Å². The molecule has 40 heavy (non-hydrogen) atoms. The predicted molar refractivity (Wildman–Crippen MR) is 163 cm³/mol. The monoisotopic (exact) mass is 634 g/mol. The van der Waals surface area contributed by atoms with E-state index in [2.05, 4.69) is 10.2 Å². The minimum Gasteiger partial charge on any atom is -0.335 e. The van der Waals surface area contributed by atoms with Gasteiger partial charge in [-0.1, -0.05) is 35.3 Å². The van der Waals surface area contributed by atoms with Crippen LogP contribution in [-0.4, -0.2) is 75.2 Å². The van der Waals surface area contributed by atoms with E-state index >= 15 is 0 Å². The van der Waals surface area contributed by atoms with Crippen molar-refractivity contribution in [2.45, 2.75) is 44.6 Å². The average Bonchev–Trinajstić information content (AvgIpc) is 2.90. The first-order chi connectivity index (χ1) is 18.6. The zero-order valence-electron chi connectivity index (χ0n) is 22.7. The molecule has 2 fully saturated rings. The normalized spacial score (nSPS) is 17.8. The molecule has 0 saturated carbocycles. The molecule has 2 aromatic rings. The Hall–Kier alpha value is -1.62. The number of nitrogens with one attached hydrogen (secondary N) is 1. The van der Waals surface area contributed by atoms with Crippen LogP contribution in [0, 0.1) is 11.7 Å². The Kier molecular flexibility index (Phi) is 12.4. The maximum Gasteiger partial charge on any atom is 0.322 e. The number of hydrogen-bond donors (Lipinski definition) is 1. The Balaban J connectivity index is 0.00000441. The molecule has 222 valence electrons. The number of benzene rings is 2. The minimum absolute atomic E-state index is 0. The Bertz CT molecular complexity index is 1220. The van der Waals surface area contributed by atoms with Crippen molar-refractivity contribution in [1.29, 1.82) is 0 Å². The molecule has 0 aromatic heterocycles. The molecule has 0 unspecified atom stereocenters. The van der Waals surface area contributed by atoms with Crippen molar-refractivity contribution in [3.63, 3.8) is 0 Å². The highest BCUT2D eigenvalue weighted by atomic mass is 35.5. The summed E-state index contributed by atoms with van der Waals surface area (Å²) in [5, 5.41) is 3.91. The van der Waals surface area contributed by atoms with Gasteiger partial charge in [0.15, 0.2) is 0 Å². The molecule has 2 heterocycles. The molecule has 2 saturated heterocycles. The topological polar surface area (TPSA) is 73.0 Å². The van der Waals surface area contributed by atoms with Gasteiger partial charge < -0.3 is 10.2 Å². The van der Waals surface area contributed by atoms with Gasteiger partial charge in [-0.05, 0) is 100.0 Å². The lowest BCUT2D eigenvalue weighted by atomic mass is 9.90. The third-order valence-electron chi connectivity index (χ3n) is 7.71. The number of likely N-dealkylation sites (tertiary alicyclic amines) is 1. The van der Waals surface area contributed by atoms with Crippen molar-refractivity contribution in [3.8, 4) is 0 Å². The number of urea groups is 1. The van der Waals surface area contributed by atoms with E-state index in [1.54, 1.807) is 23.1 Å². The molecule has 7 nitrogen and oxygen atoms in total. The van der Waals surface area contributed by atoms with Gasteiger partial charge in [0.25, 0.3) is 0 Å². The van der Waals surface area contributed by atoms with Crippen molar-refractivity contribution < 1.29 is 17.6 Å². The quantitative estimate of drug-likeness (QED) is 0.376. The second-order valence-corrected chi connectivity index (χ2v) is 13.4. The lowest BCUT2D eigenvalue weighted by molar-refractivity contribution is 0.182. The number of rotatable bonds is 9. The van der Waals surface area contributed by atoms with Crippen molar-refractivity contribution in [3.05, 3.63) is 63.9 Å². The standard InChI is InChI=1S/C28H37Cl2FN4O3S.ClH/c1-39(37,38)34-17-11-24(12-18-34)32-28(36)35(25-7-8-26(29)27(30)20-25)14-2-13-33-15-9-22(10-16-33)19-21-3-5-23(31)6-4-21;/h3-8,20,22,24H,2,9-19H2,1H3,(H,32,36);1H. The zero-order valence-corrected chi connectivity index (χ0v) is 25.8. The number of piperidine rings is 2. The maximum atomic E-state index is 13.4. The highest BCUT2D eigenvalue weighted by molar-refractivity contribution is 7.88. The molecule has 2 aromatic carbocycles. The van der Waals surface area contributed by atoms with Crippen molar-refractivity contribution in [2.75, 3.05) is 50.4 Å². The van der Waals surface area contributed by atoms with E-state index < -0.39 is 10.0 Å². The Morgan fingerprint density at radius 1 is 1.00 bits per heavy atom. The molecular formula is C28H38Cl3FN4O3S. The SMILES string of the molecule is CS(=O)(=O)N1CCC(NC(=O)N(CCCN2CCC(Cc3ccc(F)cc3)CC2)c2ccc(Cl)c(Cl)c2)CC1.Cl. The summed E-state index contributed by atoms with van der Waals surface area (Å²) in [4.78, 5) is 17.5. The predicted octanol–water partition coefficient (Wildman–Crippen LogP) is 5.84. The summed E-state index contributed by atoms with van der Waals surface area (Å²) >= 11 is 12.4. The molecule has 0 bridgehead atoms. The van der Waals surface area contributed by atoms with E-state index in [0.29, 0.717) is 54.1 Å². The molecule has 0 atom stereocenters. The molecule has 4 rings (SSSR count). The largest absolute Gasteiger partial charge is 0.335 e. The van der Waals surface area contributed by atoms with Crippen LogP contribution in [0.3, 0.4) is 0 Å². The van der Waals surface area contributed by atoms with Crippen LogP contribution in [0.15, 0.2) is 42.5 Å². The molecule has 12 heteroatoms. The van der Waals surface area contributed by atoms with Crippen LogP contribution in [0.1, 0.15) is 37.7 Å². The summed E-state index contributed by atoms with van der Waals surface area (Å²) in [5.74, 6) is 0.397. The van der Waals surface area contributed by atoms with E-state index in [0.717, 1.165) is 45.3 Å². The van der Waals surface area contributed by atoms with Crippen LogP contribution in [0.4, 0.5) is 14.9 Å². The van der Waals surface area contributed by atoms with Gasteiger partial charge in [-0.25, -0.2) is 21.9 Å². The van der Waals surface area contributed by atoms with Gasteiger partial charge in [-0.3, -0.25) is 4.90 Å². The second-order valence-electron chi connectivity index (χ2n) is 10.6. The second kappa shape index (κ2) is 15.0. The van der Waals surface area contributed by atoms with E-state index in [-0.39, 0.29) is 30.3 Å². The van der Waals surface area contributed by atoms with Crippen LogP contribution < -0.4 is 10.2 Å². The van der Waals surface area contributed by atoms with Crippen molar-refractivity contribution in [1.82, 2.24) is 14.5 Å². The maximum absolute atomic E-state index is 13.4. The van der Waals surface area contributed by atoms with Crippen LogP contribution >= 0.6 is 35.6 Å². The Labute approximate surface area is 253 Å². The average molecular weight is 636 g/mol. The first-order valence-electron chi connectivity index (χ1n) is 13.5. The minimum atomic E-state index is -3.23. The number of sulfonamides is 1. The van der Waals surface area contributed by atoms with Crippen LogP contribution in [0.5, 0.6) is 0 Å². The van der Waals surface area contributed by atoms with Crippen molar-refractivity contribution >= 4 is 57.4 Å². The van der Waals surface area contributed by atoms with Crippen molar-refractivity contribution in [2.24, 2.45) is 5.92 Å². The fourth-order valence-corrected chi connectivity index (χ4v) is 6.57. The summed E-state index contributed by atoms with van der Waals surface area (Å²) in [7, 11) is -3.23. The number of carbonyl (C=O) groups excluding carboxylic acids is 1. The Morgan fingerprint density at radius 3 is 2.25 bits per heavy atom. The Morgan fingerprint density at radius 2 is 1.65 bits per heavy atom. The lowest BCUT2D eigenvalue weighted by Gasteiger charge is -2.34. The molecule has 1 N–H and O–H groups in total. The van der Waals surface area contributed by atoms with Crippen LogP contribution in [0.25, 0.3) is 0 Å². The van der Waals surface area contributed by atoms with Gasteiger partial charge in [0.2, 0.25) is 10.0 Å². The van der Waals surface area contributed by atoms with E-state index in [9.17, 15) is 17.6 Å². The summed E-state index contributed by atoms with van der Waals surface area (Å²) in [6.45, 7) is 4.19. The molecule has 0 spiro atoms. The van der Waals surface area contributed by atoms with Crippen LogP contribution in [-0.2, 0) is 16.4 Å². The highest BCUT2D eigenvalue weighted by Gasteiger charge is 2.28. The van der Waals surface area contributed by atoms with Gasteiger partial charge in [-0.15, -0.1) is 12.4 Å². The van der Waals surface area contributed by atoms with Gasteiger partial charge in [0.05, 0.1) is 16.3 Å². The van der Waals surface area contributed by atoms with Gasteiger partial charge in [-0.2, -0.15) is 0 Å². The van der Waals surface area contributed by atoms with E-state index in [1.165, 1.54) is 28.3 Å². The third kappa shape index (κ3) is 9.46. The number of carbonyl (C=O) groups is 1. The number of hydrogen-bond acceptors (Lipinski definition) is 4. The fourth-order valence-electron chi connectivity index (χ4n) is 5.41. The smallest absolute Gasteiger partial charge is 0.322 e. The molecule has 2 aliphatic heterocycles. The molecule has 0 aliphatic carbocycles.